The van der Waals surface area contributed by atoms with Crippen molar-refractivity contribution in [3.05, 3.63) is 0 Å². The van der Waals surface area contributed by atoms with Crippen molar-refractivity contribution in [2.45, 2.75) is 38.5 Å². The van der Waals surface area contributed by atoms with Crippen molar-refractivity contribution in [3.63, 3.8) is 0 Å². The summed E-state index contributed by atoms with van der Waals surface area (Å²) in [5.41, 5.74) is 2.50. The minimum atomic E-state index is 0.242. The summed E-state index contributed by atoms with van der Waals surface area (Å²) in [4.78, 5) is 15.2. The number of piperidine rings is 1. The number of anilines is 3. The van der Waals surface area contributed by atoms with Gasteiger partial charge in [0, 0.05) is 26.2 Å². The molecule has 1 aromatic rings. The third kappa shape index (κ3) is 4.98. The van der Waals surface area contributed by atoms with Gasteiger partial charge in [-0.3, -0.25) is 5.43 Å². The molecule has 1 fully saturated rings. The van der Waals surface area contributed by atoms with Gasteiger partial charge in [0.2, 0.25) is 17.8 Å². The first-order valence-corrected chi connectivity index (χ1v) is 7.66. The Kier molecular flexibility index (Phi) is 6.42. The molecule has 118 valence electrons. The topological polar surface area (TPSA) is 112 Å². The predicted molar refractivity (Wildman–Crippen MR) is 83.1 cm³/mol. The number of nitrogens with two attached hydrogens (primary N) is 1. The lowest BCUT2D eigenvalue weighted by Crippen LogP contribution is -2.31. The highest BCUT2D eigenvalue weighted by Crippen LogP contribution is 2.18. The molecule has 1 aliphatic heterocycles. The molecular formula is C13H25N7O. The second kappa shape index (κ2) is 8.58. The first-order chi connectivity index (χ1) is 10.3. The second-order valence-electron chi connectivity index (χ2n) is 5.19. The molecule has 0 spiro atoms. The van der Waals surface area contributed by atoms with E-state index in [4.69, 9.17) is 10.9 Å². The van der Waals surface area contributed by atoms with Crippen molar-refractivity contribution >= 4 is 17.8 Å². The smallest absolute Gasteiger partial charge is 0.243 e. The molecule has 0 atom stereocenters. The summed E-state index contributed by atoms with van der Waals surface area (Å²) < 4.78 is 0. The lowest BCUT2D eigenvalue weighted by molar-refractivity contribution is 0.283. The summed E-state index contributed by atoms with van der Waals surface area (Å²) in [7, 11) is 0. The van der Waals surface area contributed by atoms with Crippen LogP contribution in [0.25, 0.3) is 0 Å². The normalized spacial score (nSPS) is 15.0. The van der Waals surface area contributed by atoms with E-state index in [1.54, 1.807) is 0 Å². The fourth-order valence-corrected chi connectivity index (χ4v) is 2.36. The SMILES string of the molecule is NNc1nc(NCCCCCO)nc(N2CCCCC2)n1. The molecule has 1 aliphatic rings. The molecule has 1 aromatic heterocycles. The van der Waals surface area contributed by atoms with Crippen LogP contribution in [-0.4, -0.2) is 46.3 Å². The van der Waals surface area contributed by atoms with Crippen LogP contribution in [0.3, 0.4) is 0 Å². The van der Waals surface area contributed by atoms with Crippen LogP contribution in [0.1, 0.15) is 38.5 Å². The van der Waals surface area contributed by atoms with Crippen LogP contribution in [-0.2, 0) is 0 Å². The van der Waals surface area contributed by atoms with Crippen molar-refractivity contribution in [1.29, 1.82) is 0 Å². The van der Waals surface area contributed by atoms with E-state index in [2.05, 4.69) is 30.6 Å². The van der Waals surface area contributed by atoms with Gasteiger partial charge < -0.3 is 15.3 Å². The molecular weight excluding hydrogens is 270 g/mol. The number of unbranched alkanes of at least 4 members (excludes halogenated alkanes) is 2. The minimum Gasteiger partial charge on any atom is -0.396 e. The average molecular weight is 295 g/mol. The Morgan fingerprint density at radius 2 is 1.76 bits per heavy atom. The van der Waals surface area contributed by atoms with Crippen LogP contribution in [0.5, 0.6) is 0 Å². The molecule has 2 rings (SSSR count). The monoisotopic (exact) mass is 295 g/mol. The Hall–Kier alpha value is -1.67. The highest BCUT2D eigenvalue weighted by atomic mass is 16.2. The van der Waals surface area contributed by atoms with Gasteiger partial charge in [-0.05, 0) is 38.5 Å². The summed E-state index contributed by atoms with van der Waals surface area (Å²) in [5, 5.41) is 11.9. The maximum Gasteiger partial charge on any atom is 0.243 e. The van der Waals surface area contributed by atoms with E-state index < -0.39 is 0 Å². The lowest BCUT2D eigenvalue weighted by Gasteiger charge is -2.26. The fraction of sp³-hybridized carbons (Fsp3) is 0.769. The maximum atomic E-state index is 8.75. The van der Waals surface area contributed by atoms with Crippen LogP contribution >= 0.6 is 0 Å². The molecule has 0 radical (unpaired) electrons. The quantitative estimate of drug-likeness (QED) is 0.315. The van der Waals surface area contributed by atoms with Gasteiger partial charge in [0.15, 0.2) is 0 Å². The summed E-state index contributed by atoms with van der Waals surface area (Å²) in [5.74, 6) is 7.03. The summed E-state index contributed by atoms with van der Waals surface area (Å²) in [6.45, 7) is 2.97. The molecule has 5 N–H and O–H groups in total. The number of nitrogen functional groups attached to an aromatic ring is 1. The van der Waals surface area contributed by atoms with Gasteiger partial charge in [0.25, 0.3) is 0 Å². The molecule has 21 heavy (non-hydrogen) atoms. The van der Waals surface area contributed by atoms with Crippen LogP contribution in [0.4, 0.5) is 17.8 Å². The third-order valence-corrected chi connectivity index (χ3v) is 3.51. The zero-order valence-corrected chi connectivity index (χ0v) is 12.4. The fourth-order valence-electron chi connectivity index (χ4n) is 2.36. The second-order valence-corrected chi connectivity index (χ2v) is 5.19. The van der Waals surface area contributed by atoms with Gasteiger partial charge in [0.05, 0.1) is 0 Å². The van der Waals surface area contributed by atoms with Crippen LogP contribution in [0.15, 0.2) is 0 Å². The molecule has 0 amide bonds. The summed E-state index contributed by atoms with van der Waals surface area (Å²) in [6, 6.07) is 0. The van der Waals surface area contributed by atoms with Crippen molar-refractivity contribution < 1.29 is 5.11 Å². The van der Waals surface area contributed by atoms with Gasteiger partial charge in [-0.1, -0.05) is 0 Å². The largest absolute Gasteiger partial charge is 0.396 e. The van der Waals surface area contributed by atoms with E-state index in [9.17, 15) is 0 Å². The Bertz CT molecular complexity index is 423. The lowest BCUT2D eigenvalue weighted by atomic mass is 10.1. The molecule has 0 saturated carbocycles. The van der Waals surface area contributed by atoms with Gasteiger partial charge in [0.1, 0.15) is 0 Å². The van der Waals surface area contributed by atoms with Crippen LogP contribution < -0.4 is 21.5 Å². The van der Waals surface area contributed by atoms with Gasteiger partial charge in [-0.2, -0.15) is 15.0 Å². The zero-order valence-electron chi connectivity index (χ0n) is 12.4. The third-order valence-electron chi connectivity index (χ3n) is 3.51. The van der Waals surface area contributed by atoms with E-state index in [1.807, 2.05) is 0 Å². The number of nitrogens with one attached hydrogen (secondary N) is 2. The molecule has 8 heteroatoms. The Balaban J connectivity index is 1.96. The van der Waals surface area contributed by atoms with E-state index in [0.717, 1.165) is 38.9 Å². The minimum absolute atomic E-state index is 0.242. The van der Waals surface area contributed by atoms with E-state index in [1.165, 1.54) is 19.3 Å². The molecule has 0 bridgehead atoms. The number of hydrazine groups is 1. The Morgan fingerprint density at radius 3 is 2.48 bits per heavy atom. The number of hydrogen-bond acceptors (Lipinski definition) is 8. The highest BCUT2D eigenvalue weighted by Gasteiger charge is 2.15. The van der Waals surface area contributed by atoms with Crippen molar-refractivity contribution in [1.82, 2.24) is 15.0 Å². The average Bonchev–Trinajstić information content (AvgIpc) is 2.55. The number of aliphatic hydroxyl groups excluding tert-OH is 1. The number of hydrogen-bond donors (Lipinski definition) is 4. The summed E-state index contributed by atoms with van der Waals surface area (Å²) >= 11 is 0. The number of nitrogens with zero attached hydrogens (tertiary/aromatic N) is 4. The van der Waals surface area contributed by atoms with Gasteiger partial charge in [-0.15, -0.1) is 0 Å². The Morgan fingerprint density at radius 1 is 1.00 bits per heavy atom. The maximum absolute atomic E-state index is 8.75. The molecule has 0 unspecified atom stereocenters. The Labute approximate surface area is 125 Å². The van der Waals surface area contributed by atoms with Crippen LogP contribution in [0.2, 0.25) is 0 Å². The van der Waals surface area contributed by atoms with E-state index >= 15 is 0 Å². The van der Waals surface area contributed by atoms with Crippen molar-refractivity contribution in [2.75, 3.05) is 41.9 Å². The molecule has 0 aliphatic carbocycles. The molecule has 8 nitrogen and oxygen atoms in total. The number of rotatable bonds is 8. The summed E-state index contributed by atoms with van der Waals surface area (Å²) in [6.07, 6.45) is 6.38. The first kappa shape index (κ1) is 15.7. The molecule has 1 saturated heterocycles. The predicted octanol–water partition coefficient (Wildman–Crippen LogP) is 0.722. The van der Waals surface area contributed by atoms with Crippen molar-refractivity contribution in [2.24, 2.45) is 5.84 Å². The molecule has 0 aromatic carbocycles. The standard InChI is InChI=1S/C13H25N7O/c14-19-12-16-11(15-7-3-1-6-10-21)17-13(18-12)20-8-4-2-5-9-20/h21H,1-10,14H2,(H2,15,16,17,18,19). The number of aromatic nitrogens is 3. The van der Waals surface area contributed by atoms with Crippen molar-refractivity contribution in [3.8, 4) is 0 Å². The van der Waals surface area contributed by atoms with E-state index in [-0.39, 0.29) is 6.61 Å². The van der Waals surface area contributed by atoms with Crippen LogP contribution in [0, 0.1) is 0 Å². The zero-order chi connectivity index (χ0) is 14.9. The first-order valence-electron chi connectivity index (χ1n) is 7.66. The highest BCUT2D eigenvalue weighted by molar-refractivity contribution is 5.43. The van der Waals surface area contributed by atoms with Gasteiger partial charge in [-0.25, -0.2) is 5.84 Å². The number of aliphatic hydroxyl groups is 1. The van der Waals surface area contributed by atoms with Gasteiger partial charge >= 0.3 is 0 Å². The molecule has 2 heterocycles. The van der Waals surface area contributed by atoms with E-state index in [0.29, 0.717) is 17.8 Å².